The number of fused-ring (bicyclic) bond motifs is 1. The van der Waals surface area contributed by atoms with Crippen LogP contribution < -0.4 is 4.80 Å². The number of methoxy groups -OCH3 is 1. The molecule has 0 saturated heterocycles. The third-order valence-electron chi connectivity index (χ3n) is 3.49. The van der Waals surface area contributed by atoms with Crippen molar-refractivity contribution < 1.29 is 14.3 Å². The molecule has 2 heterocycles. The maximum absolute atomic E-state index is 12.2. The van der Waals surface area contributed by atoms with Gasteiger partial charge in [0.1, 0.15) is 0 Å². The first-order chi connectivity index (χ1) is 12.2. The van der Waals surface area contributed by atoms with Gasteiger partial charge in [-0.2, -0.15) is 4.99 Å². The van der Waals surface area contributed by atoms with Gasteiger partial charge in [0.2, 0.25) is 0 Å². The average molecular weight is 372 g/mol. The normalized spacial score (nSPS) is 12.1. The van der Waals surface area contributed by atoms with E-state index < -0.39 is 0 Å². The zero-order chi connectivity index (χ0) is 17.6. The Balaban J connectivity index is 1.93. The van der Waals surface area contributed by atoms with Gasteiger partial charge >= 0.3 is 5.97 Å². The number of nitrogens with zero attached hydrogens (tertiary/aromatic N) is 2. The zero-order valence-electron chi connectivity index (χ0n) is 13.5. The number of aryl methyl sites for hydroxylation is 1. The minimum Gasteiger partial charge on any atom is -0.469 e. The van der Waals surface area contributed by atoms with Crippen molar-refractivity contribution in [3.8, 4) is 0 Å². The monoisotopic (exact) mass is 372 g/mol. The number of para-hydroxylation sites is 1. The molecule has 5 nitrogen and oxygen atoms in total. The molecule has 0 radical (unpaired) electrons. The summed E-state index contributed by atoms with van der Waals surface area (Å²) in [6.07, 6.45) is 3.44. The Hall–Kier alpha value is -2.51. The molecule has 128 valence electrons. The lowest BCUT2D eigenvalue weighted by Crippen LogP contribution is -2.18. The van der Waals surface area contributed by atoms with E-state index in [1.54, 1.807) is 17.4 Å². The summed E-state index contributed by atoms with van der Waals surface area (Å²) < 4.78 is 7.60. The number of amides is 1. The summed E-state index contributed by atoms with van der Waals surface area (Å²) in [4.78, 5) is 29.4. The Morgan fingerprint density at radius 1 is 1.24 bits per heavy atom. The number of hydrogen-bond donors (Lipinski definition) is 0. The van der Waals surface area contributed by atoms with Gasteiger partial charge in [0.05, 0.1) is 23.7 Å². The van der Waals surface area contributed by atoms with E-state index in [0.717, 1.165) is 15.1 Å². The average Bonchev–Trinajstić information content (AvgIpc) is 3.25. The first-order valence-electron chi connectivity index (χ1n) is 7.63. The fraction of sp³-hybridized carbons (Fsp3) is 0.167. The van der Waals surface area contributed by atoms with Gasteiger partial charge in [0, 0.05) is 17.5 Å². The van der Waals surface area contributed by atoms with Gasteiger partial charge in [-0.15, -0.1) is 11.3 Å². The molecule has 0 atom stereocenters. The summed E-state index contributed by atoms with van der Waals surface area (Å²) >= 11 is 2.98. The van der Waals surface area contributed by atoms with Crippen LogP contribution in [0.25, 0.3) is 16.3 Å². The summed E-state index contributed by atoms with van der Waals surface area (Å²) in [6.45, 7) is 0.414. The Morgan fingerprint density at radius 3 is 2.84 bits per heavy atom. The van der Waals surface area contributed by atoms with Gasteiger partial charge in [-0.05, 0) is 29.7 Å². The standard InChI is InChI=1S/C18H16N2O3S2/c1-23-17(22)10-11-20-14-6-2-3-7-15(14)25-18(20)19-16(21)9-8-13-5-4-12-24-13/h2-9,12H,10-11H2,1H3/b9-8+,19-18?. The Morgan fingerprint density at radius 2 is 2.08 bits per heavy atom. The molecule has 3 rings (SSSR count). The fourth-order valence-electron chi connectivity index (χ4n) is 2.30. The predicted molar refractivity (Wildman–Crippen MR) is 100 cm³/mol. The Kier molecular flexibility index (Phi) is 5.57. The second-order valence-electron chi connectivity index (χ2n) is 5.13. The lowest BCUT2D eigenvalue weighted by Gasteiger charge is -2.03. The van der Waals surface area contributed by atoms with E-state index >= 15 is 0 Å². The van der Waals surface area contributed by atoms with Crippen molar-refractivity contribution in [2.45, 2.75) is 13.0 Å². The van der Waals surface area contributed by atoms with Crippen LogP contribution in [0.15, 0.2) is 52.8 Å². The van der Waals surface area contributed by atoms with Gasteiger partial charge in [0.25, 0.3) is 5.91 Å². The van der Waals surface area contributed by atoms with Gasteiger partial charge in [-0.3, -0.25) is 9.59 Å². The van der Waals surface area contributed by atoms with Crippen LogP contribution in [0, 0.1) is 0 Å². The molecule has 0 saturated carbocycles. The maximum Gasteiger partial charge on any atom is 0.307 e. The molecule has 2 aromatic heterocycles. The van der Waals surface area contributed by atoms with Crippen LogP contribution in [-0.2, 0) is 20.9 Å². The molecule has 1 aromatic carbocycles. The molecule has 0 aliphatic carbocycles. The molecule has 7 heteroatoms. The Labute approximate surface area is 152 Å². The quantitative estimate of drug-likeness (QED) is 0.509. The van der Waals surface area contributed by atoms with Crippen LogP contribution in [0.4, 0.5) is 0 Å². The van der Waals surface area contributed by atoms with Crippen LogP contribution in [-0.4, -0.2) is 23.6 Å². The second kappa shape index (κ2) is 8.04. The highest BCUT2D eigenvalue weighted by molar-refractivity contribution is 7.16. The lowest BCUT2D eigenvalue weighted by molar-refractivity contribution is -0.140. The summed E-state index contributed by atoms with van der Waals surface area (Å²) in [7, 11) is 1.36. The van der Waals surface area contributed by atoms with Crippen molar-refractivity contribution in [3.63, 3.8) is 0 Å². The van der Waals surface area contributed by atoms with Crippen molar-refractivity contribution >= 4 is 50.8 Å². The summed E-state index contributed by atoms with van der Waals surface area (Å²) in [5, 5.41) is 1.95. The van der Waals surface area contributed by atoms with E-state index in [-0.39, 0.29) is 18.3 Å². The van der Waals surface area contributed by atoms with E-state index in [4.69, 9.17) is 4.74 Å². The Bertz CT molecular complexity index is 981. The number of carbonyl (C=O) groups is 2. The molecular formula is C18H16N2O3S2. The fourth-order valence-corrected chi connectivity index (χ4v) is 3.98. The zero-order valence-corrected chi connectivity index (χ0v) is 15.2. The van der Waals surface area contributed by atoms with Crippen LogP contribution in [0.5, 0.6) is 0 Å². The molecule has 0 fully saturated rings. The van der Waals surface area contributed by atoms with E-state index in [1.165, 1.54) is 24.5 Å². The number of hydrogen-bond acceptors (Lipinski definition) is 5. The predicted octanol–water partition coefficient (Wildman–Crippen LogP) is 3.47. The number of thiazole rings is 1. The highest BCUT2D eigenvalue weighted by Gasteiger charge is 2.09. The molecule has 0 aliphatic heterocycles. The first-order valence-corrected chi connectivity index (χ1v) is 9.32. The topological polar surface area (TPSA) is 60.7 Å². The maximum atomic E-state index is 12.2. The number of esters is 1. The molecule has 3 aromatic rings. The van der Waals surface area contributed by atoms with Gasteiger partial charge in [-0.25, -0.2) is 0 Å². The molecule has 0 unspecified atom stereocenters. The largest absolute Gasteiger partial charge is 0.469 e. The number of thiophene rings is 1. The minimum atomic E-state index is -0.327. The highest BCUT2D eigenvalue weighted by atomic mass is 32.1. The molecule has 0 N–H and O–H groups in total. The van der Waals surface area contributed by atoms with Crippen LogP contribution in [0.3, 0.4) is 0 Å². The molecule has 0 bridgehead atoms. The van der Waals surface area contributed by atoms with E-state index in [0.29, 0.717) is 11.3 Å². The van der Waals surface area contributed by atoms with Crippen molar-refractivity contribution in [3.05, 3.63) is 57.5 Å². The van der Waals surface area contributed by atoms with Crippen LogP contribution >= 0.6 is 22.7 Å². The third kappa shape index (κ3) is 4.32. The molecule has 1 amide bonds. The van der Waals surface area contributed by atoms with Gasteiger partial charge in [-0.1, -0.05) is 29.5 Å². The van der Waals surface area contributed by atoms with Crippen LogP contribution in [0.2, 0.25) is 0 Å². The first kappa shape index (κ1) is 17.3. The van der Waals surface area contributed by atoms with Gasteiger partial charge < -0.3 is 9.30 Å². The number of rotatable bonds is 5. The number of aromatic nitrogens is 1. The van der Waals surface area contributed by atoms with E-state index in [9.17, 15) is 9.59 Å². The summed E-state index contributed by atoms with van der Waals surface area (Å²) in [5.74, 6) is -0.621. The molecular weight excluding hydrogens is 356 g/mol. The third-order valence-corrected chi connectivity index (χ3v) is 5.39. The number of carbonyl (C=O) groups excluding carboxylic acids is 2. The summed E-state index contributed by atoms with van der Waals surface area (Å²) in [5.41, 5.74) is 0.949. The lowest BCUT2D eigenvalue weighted by atomic mass is 10.3. The SMILES string of the molecule is COC(=O)CCn1c(=NC(=O)/C=C/c2cccs2)sc2ccccc21. The van der Waals surface area contributed by atoms with Crippen molar-refractivity contribution in [1.29, 1.82) is 0 Å². The van der Waals surface area contributed by atoms with E-state index in [1.807, 2.05) is 46.3 Å². The van der Waals surface area contributed by atoms with Crippen molar-refractivity contribution in [2.75, 3.05) is 7.11 Å². The van der Waals surface area contributed by atoms with Gasteiger partial charge in [0.15, 0.2) is 4.80 Å². The number of benzene rings is 1. The van der Waals surface area contributed by atoms with Crippen molar-refractivity contribution in [1.82, 2.24) is 4.57 Å². The second-order valence-corrected chi connectivity index (χ2v) is 7.12. The molecule has 0 spiro atoms. The van der Waals surface area contributed by atoms with Crippen LogP contribution in [0.1, 0.15) is 11.3 Å². The van der Waals surface area contributed by atoms with Crippen molar-refractivity contribution in [2.24, 2.45) is 4.99 Å². The van der Waals surface area contributed by atoms with E-state index in [2.05, 4.69) is 4.99 Å². The summed E-state index contributed by atoms with van der Waals surface area (Å²) in [6, 6.07) is 11.6. The molecule has 25 heavy (non-hydrogen) atoms. The smallest absolute Gasteiger partial charge is 0.307 e. The molecule has 0 aliphatic rings. The number of ether oxygens (including phenoxy) is 1. The highest BCUT2D eigenvalue weighted by Crippen LogP contribution is 2.17. The minimum absolute atomic E-state index is 0.226.